The Morgan fingerprint density at radius 3 is 1.91 bits per heavy atom. The molecule has 0 amide bonds. The molecular formula is C17H28N2O2S. The summed E-state index contributed by atoms with van der Waals surface area (Å²) in [5.41, 5.74) is 1.99. The van der Waals surface area contributed by atoms with Crippen molar-refractivity contribution < 1.29 is 8.42 Å². The molecule has 1 N–H and O–H groups in total. The summed E-state index contributed by atoms with van der Waals surface area (Å²) in [5, 5.41) is 4.12. The van der Waals surface area contributed by atoms with Crippen LogP contribution in [0.2, 0.25) is 0 Å². The molecule has 1 aromatic carbocycles. The highest BCUT2D eigenvalue weighted by atomic mass is 32.2. The molecule has 5 heteroatoms. The maximum absolute atomic E-state index is 12.3. The highest BCUT2D eigenvalue weighted by molar-refractivity contribution is 7.89. The van der Waals surface area contributed by atoms with E-state index in [1.807, 2.05) is 39.8 Å². The maximum Gasteiger partial charge on any atom is 0.276 e. The first-order chi connectivity index (χ1) is 10.1. The van der Waals surface area contributed by atoms with Gasteiger partial charge < -0.3 is 0 Å². The van der Waals surface area contributed by atoms with Gasteiger partial charge >= 0.3 is 0 Å². The van der Waals surface area contributed by atoms with E-state index in [1.165, 1.54) is 0 Å². The summed E-state index contributed by atoms with van der Waals surface area (Å²) in [5.74, 6) is 0.956. The third-order valence-corrected chi connectivity index (χ3v) is 4.58. The first-order valence-electron chi connectivity index (χ1n) is 7.81. The van der Waals surface area contributed by atoms with Crippen molar-refractivity contribution in [3.63, 3.8) is 0 Å². The van der Waals surface area contributed by atoms with Gasteiger partial charge in [0.15, 0.2) is 0 Å². The number of rotatable bonds is 7. The second-order valence-electron chi connectivity index (χ2n) is 6.68. The Morgan fingerprint density at radius 1 is 1.00 bits per heavy atom. The van der Waals surface area contributed by atoms with Crippen LogP contribution in [0.15, 0.2) is 34.3 Å². The van der Waals surface area contributed by atoms with Gasteiger partial charge in [-0.25, -0.2) is 4.83 Å². The summed E-state index contributed by atoms with van der Waals surface area (Å²) >= 11 is 0. The van der Waals surface area contributed by atoms with E-state index in [0.29, 0.717) is 5.92 Å². The highest BCUT2D eigenvalue weighted by Crippen LogP contribution is 2.14. The van der Waals surface area contributed by atoms with Crippen LogP contribution in [0.1, 0.15) is 47.1 Å². The van der Waals surface area contributed by atoms with Crippen LogP contribution in [-0.4, -0.2) is 14.1 Å². The minimum Gasteiger partial charge on any atom is -0.200 e. The van der Waals surface area contributed by atoms with Gasteiger partial charge in [0.1, 0.15) is 0 Å². The van der Waals surface area contributed by atoms with E-state index in [2.05, 4.69) is 23.8 Å². The van der Waals surface area contributed by atoms with E-state index < -0.39 is 10.0 Å². The summed E-state index contributed by atoms with van der Waals surface area (Å²) < 4.78 is 24.6. The van der Waals surface area contributed by atoms with Gasteiger partial charge in [-0.2, -0.15) is 13.5 Å². The lowest BCUT2D eigenvalue weighted by Crippen LogP contribution is -2.24. The fraction of sp³-hybridized carbons (Fsp3) is 0.588. The van der Waals surface area contributed by atoms with Gasteiger partial charge in [0, 0.05) is 5.71 Å². The lowest BCUT2D eigenvalue weighted by molar-refractivity contribution is 0.583. The fourth-order valence-corrected chi connectivity index (χ4v) is 3.19. The Kier molecular flexibility index (Phi) is 6.60. The summed E-state index contributed by atoms with van der Waals surface area (Å²) in [6, 6.07) is 7.01. The molecule has 0 saturated heterocycles. The third-order valence-electron chi connectivity index (χ3n) is 3.36. The first kappa shape index (κ1) is 18.7. The molecule has 0 bridgehead atoms. The van der Waals surface area contributed by atoms with Crippen LogP contribution in [-0.2, 0) is 16.4 Å². The standard InChI is InChI=1S/C17H28N2O2S/c1-12(2)11-15-7-9-16(10-8-15)22(20,21)19-18-17(13(3)4)14(5)6/h7-10,12-14,19H,11H2,1-6H3. The van der Waals surface area contributed by atoms with Gasteiger partial charge in [0.2, 0.25) is 0 Å². The average Bonchev–Trinajstić information content (AvgIpc) is 2.37. The quantitative estimate of drug-likeness (QED) is 0.612. The Hall–Kier alpha value is -1.36. The lowest BCUT2D eigenvalue weighted by Gasteiger charge is -2.14. The zero-order valence-corrected chi connectivity index (χ0v) is 15.2. The molecule has 0 aliphatic carbocycles. The Morgan fingerprint density at radius 2 is 1.50 bits per heavy atom. The molecule has 1 rings (SSSR count). The van der Waals surface area contributed by atoms with E-state index >= 15 is 0 Å². The zero-order valence-electron chi connectivity index (χ0n) is 14.4. The van der Waals surface area contributed by atoms with Gasteiger partial charge in [0.05, 0.1) is 4.90 Å². The molecule has 0 heterocycles. The predicted molar refractivity (Wildman–Crippen MR) is 92.4 cm³/mol. The number of hydrogen-bond donors (Lipinski definition) is 1. The second kappa shape index (κ2) is 7.77. The molecule has 0 radical (unpaired) electrons. The van der Waals surface area contributed by atoms with E-state index in [4.69, 9.17) is 0 Å². The van der Waals surface area contributed by atoms with Crippen molar-refractivity contribution in [3.8, 4) is 0 Å². The topological polar surface area (TPSA) is 58.5 Å². The molecule has 0 aliphatic rings. The summed E-state index contributed by atoms with van der Waals surface area (Å²) in [7, 11) is -3.61. The van der Waals surface area contributed by atoms with Crippen molar-refractivity contribution >= 4 is 15.7 Å². The molecule has 0 spiro atoms. The molecular weight excluding hydrogens is 296 g/mol. The van der Waals surface area contributed by atoms with Gasteiger partial charge in [-0.3, -0.25) is 0 Å². The first-order valence-corrected chi connectivity index (χ1v) is 9.30. The van der Waals surface area contributed by atoms with Crippen LogP contribution in [0.5, 0.6) is 0 Å². The molecule has 22 heavy (non-hydrogen) atoms. The van der Waals surface area contributed by atoms with Crippen molar-refractivity contribution in [3.05, 3.63) is 29.8 Å². The normalized spacial score (nSPS) is 12.0. The highest BCUT2D eigenvalue weighted by Gasteiger charge is 2.15. The number of hydrogen-bond acceptors (Lipinski definition) is 3. The number of benzene rings is 1. The van der Waals surface area contributed by atoms with E-state index in [1.54, 1.807) is 12.1 Å². The zero-order chi connectivity index (χ0) is 16.9. The SMILES string of the molecule is CC(C)Cc1ccc(S(=O)(=O)NN=C(C(C)C)C(C)C)cc1. The van der Waals surface area contributed by atoms with Crippen LogP contribution in [0.25, 0.3) is 0 Å². The maximum atomic E-state index is 12.3. The Bertz CT molecular complexity index is 590. The summed E-state index contributed by atoms with van der Waals surface area (Å²) in [6.45, 7) is 12.3. The fourth-order valence-electron chi connectivity index (χ4n) is 2.37. The van der Waals surface area contributed by atoms with Crippen LogP contribution < -0.4 is 4.83 Å². The molecule has 0 unspecified atom stereocenters. The van der Waals surface area contributed by atoms with Crippen LogP contribution in [0.4, 0.5) is 0 Å². The monoisotopic (exact) mass is 324 g/mol. The number of hydrazone groups is 1. The Labute approximate surface area is 135 Å². The minimum absolute atomic E-state index is 0.205. The summed E-state index contributed by atoms with van der Waals surface area (Å²) in [6.07, 6.45) is 0.941. The van der Waals surface area contributed by atoms with Crippen molar-refractivity contribution in [1.29, 1.82) is 0 Å². The van der Waals surface area contributed by atoms with E-state index in [0.717, 1.165) is 17.7 Å². The lowest BCUT2D eigenvalue weighted by atomic mass is 9.98. The number of nitrogens with one attached hydrogen (secondary N) is 1. The number of sulfonamides is 1. The molecule has 0 saturated carbocycles. The van der Waals surface area contributed by atoms with Gasteiger partial charge in [0.25, 0.3) is 10.0 Å². The third kappa shape index (κ3) is 5.44. The smallest absolute Gasteiger partial charge is 0.200 e. The molecule has 124 valence electrons. The molecule has 1 aromatic rings. The molecule has 0 aromatic heterocycles. The van der Waals surface area contributed by atoms with Crippen LogP contribution >= 0.6 is 0 Å². The molecule has 0 aliphatic heterocycles. The van der Waals surface area contributed by atoms with Gasteiger partial charge in [-0.05, 0) is 41.9 Å². The molecule has 4 nitrogen and oxygen atoms in total. The average molecular weight is 324 g/mol. The van der Waals surface area contributed by atoms with Crippen LogP contribution in [0, 0.1) is 17.8 Å². The Balaban J connectivity index is 2.93. The van der Waals surface area contributed by atoms with Crippen molar-refractivity contribution in [2.24, 2.45) is 22.9 Å². The van der Waals surface area contributed by atoms with Crippen molar-refractivity contribution in [1.82, 2.24) is 4.83 Å². The van der Waals surface area contributed by atoms with Crippen molar-refractivity contribution in [2.75, 3.05) is 0 Å². The largest absolute Gasteiger partial charge is 0.276 e. The minimum atomic E-state index is -3.61. The van der Waals surface area contributed by atoms with Gasteiger partial charge in [-0.1, -0.05) is 53.7 Å². The second-order valence-corrected chi connectivity index (χ2v) is 8.34. The molecule has 0 fully saturated rings. The van der Waals surface area contributed by atoms with Crippen molar-refractivity contribution in [2.45, 2.75) is 52.9 Å². The summed E-state index contributed by atoms with van der Waals surface area (Å²) in [4.78, 5) is 2.60. The van der Waals surface area contributed by atoms with Gasteiger partial charge in [-0.15, -0.1) is 0 Å². The van der Waals surface area contributed by atoms with E-state index in [-0.39, 0.29) is 16.7 Å². The predicted octanol–water partition coefficient (Wildman–Crippen LogP) is 3.83. The number of nitrogens with zero attached hydrogens (tertiary/aromatic N) is 1. The molecule has 0 atom stereocenters. The van der Waals surface area contributed by atoms with Crippen LogP contribution in [0.3, 0.4) is 0 Å². The van der Waals surface area contributed by atoms with E-state index in [9.17, 15) is 8.42 Å².